The number of benzene rings is 1. The van der Waals surface area contributed by atoms with Gasteiger partial charge in [0.2, 0.25) is 6.41 Å². The van der Waals surface area contributed by atoms with Gasteiger partial charge in [0.25, 0.3) is 0 Å². The van der Waals surface area contributed by atoms with Gasteiger partial charge in [-0.15, -0.1) is 0 Å². The number of aromatic amines is 1. The predicted molar refractivity (Wildman–Crippen MR) is 76.5 cm³/mol. The number of nitrogens with one attached hydrogen (secondary N) is 2. The second-order valence-electron chi connectivity index (χ2n) is 4.81. The summed E-state index contributed by atoms with van der Waals surface area (Å²) in [6.07, 6.45) is 2.62. The number of rotatable bonds is 2. The molecule has 2 aromatic rings. The molecule has 1 saturated heterocycles. The summed E-state index contributed by atoms with van der Waals surface area (Å²) < 4.78 is 0. The van der Waals surface area contributed by atoms with Crippen LogP contribution in [0.15, 0.2) is 30.5 Å². The van der Waals surface area contributed by atoms with Gasteiger partial charge in [-0.2, -0.15) is 0 Å². The zero-order valence-corrected chi connectivity index (χ0v) is 11.0. The number of carbonyl (C=O) groups excluding carboxylic acids is 2. The van der Waals surface area contributed by atoms with E-state index < -0.39 is 0 Å². The van der Waals surface area contributed by atoms with E-state index in [2.05, 4.69) is 10.3 Å². The summed E-state index contributed by atoms with van der Waals surface area (Å²) in [6.45, 7) is 2.30. The molecule has 2 heterocycles. The first-order valence-corrected chi connectivity index (χ1v) is 6.59. The second kappa shape index (κ2) is 5.24. The Bertz CT molecular complexity index is 629. The molecule has 1 aromatic heterocycles. The van der Waals surface area contributed by atoms with Gasteiger partial charge in [-0.1, -0.05) is 18.2 Å². The third kappa shape index (κ3) is 2.32. The molecule has 0 unspecified atom stereocenters. The Hall–Kier alpha value is -2.50. The minimum absolute atomic E-state index is 0.125. The Labute approximate surface area is 116 Å². The Morgan fingerprint density at radius 3 is 2.70 bits per heavy atom. The molecule has 6 heteroatoms. The third-order valence-corrected chi connectivity index (χ3v) is 3.58. The lowest BCUT2D eigenvalue weighted by atomic mass is 10.2. The number of carbonyl (C=O) groups is 2. The monoisotopic (exact) mass is 272 g/mol. The molecule has 1 aliphatic heterocycles. The van der Waals surface area contributed by atoms with E-state index in [9.17, 15) is 9.59 Å². The average Bonchev–Trinajstić information content (AvgIpc) is 2.91. The van der Waals surface area contributed by atoms with Gasteiger partial charge in [0.1, 0.15) is 0 Å². The SMILES string of the molecule is O=CN1CCN(C(=O)Nc2c[nH]c3ccccc23)CC1. The lowest BCUT2D eigenvalue weighted by Gasteiger charge is -2.32. The molecule has 6 nitrogen and oxygen atoms in total. The molecular formula is C14H16N4O2. The number of hydrogen-bond donors (Lipinski definition) is 2. The van der Waals surface area contributed by atoms with Gasteiger partial charge in [0, 0.05) is 43.3 Å². The average molecular weight is 272 g/mol. The Morgan fingerprint density at radius 2 is 1.95 bits per heavy atom. The number of para-hydroxylation sites is 1. The summed E-state index contributed by atoms with van der Waals surface area (Å²) in [7, 11) is 0. The summed E-state index contributed by atoms with van der Waals surface area (Å²) in [6, 6.07) is 7.69. The molecule has 0 spiro atoms. The molecule has 3 rings (SSSR count). The van der Waals surface area contributed by atoms with Gasteiger partial charge in [0.15, 0.2) is 0 Å². The van der Waals surface area contributed by atoms with Crippen LogP contribution < -0.4 is 5.32 Å². The number of amides is 3. The van der Waals surface area contributed by atoms with Gasteiger partial charge >= 0.3 is 6.03 Å². The highest BCUT2D eigenvalue weighted by atomic mass is 16.2. The smallest absolute Gasteiger partial charge is 0.322 e. The minimum atomic E-state index is -0.125. The van der Waals surface area contributed by atoms with Crippen molar-refractivity contribution in [2.45, 2.75) is 0 Å². The highest BCUT2D eigenvalue weighted by molar-refractivity contribution is 6.00. The molecule has 104 valence electrons. The summed E-state index contributed by atoms with van der Waals surface area (Å²) >= 11 is 0. The van der Waals surface area contributed by atoms with Gasteiger partial charge in [-0.25, -0.2) is 4.79 Å². The Balaban J connectivity index is 1.69. The predicted octanol–water partition coefficient (Wildman–Crippen LogP) is 1.47. The van der Waals surface area contributed by atoms with Crippen LogP contribution in [0.1, 0.15) is 0 Å². The number of anilines is 1. The molecule has 1 fully saturated rings. The van der Waals surface area contributed by atoms with Crippen LogP contribution in [0.4, 0.5) is 10.5 Å². The molecular weight excluding hydrogens is 256 g/mol. The van der Waals surface area contributed by atoms with Crippen LogP contribution in [-0.2, 0) is 4.79 Å². The van der Waals surface area contributed by atoms with Crippen molar-refractivity contribution in [3.63, 3.8) is 0 Å². The number of H-pyrrole nitrogens is 1. The van der Waals surface area contributed by atoms with E-state index in [0.717, 1.165) is 23.0 Å². The highest BCUT2D eigenvalue weighted by Gasteiger charge is 2.20. The Morgan fingerprint density at radius 1 is 1.20 bits per heavy atom. The maximum Gasteiger partial charge on any atom is 0.322 e. The molecule has 1 aromatic carbocycles. The van der Waals surface area contributed by atoms with Crippen LogP contribution in [0.25, 0.3) is 10.9 Å². The summed E-state index contributed by atoms with van der Waals surface area (Å²) in [5.41, 5.74) is 1.77. The molecule has 0 radical (unpaired) electrons. The first kappa shape index (κ1) is 12.5. The Kier molecular flexibility index (Phi) is 3.28. The number of piperazine rings is 1. The number of urea groups is 1. The van der Waals surface area contributed by atoms with Crippen LogP contribution in [-0.4, -0.2) is 53.4 Å². The topological polar surface area (TPSA) is 68.4 Å². The van der Waals surface area contributed by atoms with Crippen LogP contribution >= 0.6 is 0 Å². The van der Waals surface area contributed by atoms with Crippen molar-refractivity contribution in [3.8, 4) is 0 Å². The summed E-state index contributed by atoms with van der Waals surface area (Å²) in [5.74, 6) is 0. The van der Waals surface area contributed by atoms with Crippen LogP contribution in [0.5, 0.6) is 0 Å². The third-order valence-electron chi connectivity index (χ3n) is 3.58. The fourth-order valence-electron chi connectivity index (χ4n) is 2.40. The van der Waals surface area contributed by atoms with Crippen LogP contribution in [0.3, 0.4) is 0 Å². The number of nitrogens with zero attached hydrogens (tertiary/aromatic N) is 2. The van der Waals surface area contributed by atoms with Gasteiger partial charge < -0.3 is 20.1 Å². The van der Waals surface area contributed by atoms with Gasteiger partial charge in [-0.3, -0.25) is 4.79 Å². The molecule has 2 N–H and O–H groups in total. The maximum absolute atomic E-state index is 12.2. The fourth-order valence-corrected chi connectivity index (χ4v) is 2.40. The second-order valence-corrected chi connectivity index (χ2v) is 4.81. The van der Waals surface area contributed by atoms with E-state index >= 15 is 0 Å². The van der Waals surface area contributed by atoms with Crippen molar-refractivity contribution in [3.05, 3.63) is 30.5 Å². The maximum atomic E-state index is 12.2. The zero-order chi connectivity index (χ0) is 13.9. The van der Waals surface area contributed by atoms with Crippen molar-refractivity contribution in [2.24, 2.45) is 0 Å². The van der Waals surface area contributed by atoms with Crippen LogP contribution in [0.2, 0.25) is 0 Å². The van der Waals surface area contributed by atoms with E-state index in [-0.39, 0.29) is 6.03 Å². The van der Waals surface area contributed by atoms with E-state index in [4.69, 9.17) is 0 Å². The minimum Gasteiger partial charge on any atom is -0.359 e. The largest absolute Gasteiger partial charge is 0.359 e. The molecule has 0 aliphatic carbocycles. The fraction of sp³-hybridized carbons (Fsp3) is 0.286. The first-order valence-electron chi connectivity index (χ1n) is 6.59. The standard InChI is InChI=1S/C14H16N4O2/c19-10-17-5-7-18(8-6-17)14(20)16-13-9-15-12-4-2-1-3-11(12)13/h1-4,9-10,15H,5-8H2,(H,16,20). The summed E-state index contributed by atoms with van der Waals surface area (Å²) in [5, 5.41) is 3.91. The molecule has 0 atom stereocenters. The first-order chi connectivity index (χ1) is 9.78. The molecule has 0 bridgehead atoms. The van der Waals surface area contributed by atoms with Crippen molar-refractivity contribution < 1.29 is 9.59 Å². The van der Waals surface area contributed by atoms with Crippen molar-refractivity contribution in [1.82, 2.24) is 14.8 Å². The molecule has 3 amide bonds. The lowest BCUT2D eigenvalue weighted by molar-refractivity contribution is -0.119. The quantitative estimate of drug-likeness (QED) is 0.813. The van der Waals surface area contributed by atoms with Crippen molar-refractivity contribution in [2.75, 3.05) is 31.5 Å². The van der Waals surface area contributed by atoms with E-state index in [0.29, 0.717) is 26.2 Å². The van der Waals surface area contributed by atoms with E-state index in [1.54, 1.807) is 16.0 Å². The van der Waals surface area contributed by atoms with E-state index in [1.165, 1.54) is 0 Å². The van der Waals surface area contributed by atoms with Gasteiger partial charge in [0.05, 0.1) is 5.69 Å². The number of fused-ring (bicyclic) bond motifs is 1. The zero-order valence-electron chi connectivity index (χ0n) is 11.0. The van der Waals surface area contributed by atoms with Crippen LogP contribution in [0, 0.1) is 0 Å². The normalized spacial score (nSPS) is 15.4. The molecule has 1 aliphatic rings. The van der Waals surface area contributed by atoms with E-state index in [1.807, 2.05) is 24.3 Å². The summed E-state index contributed by atoms with van der Waals surface area (Å²) in [4.78, 5) is 29.4. The lowest BCUT2D eigenvalue weighted by Crippen LogP contribution is -2.49. The molecule has 0 saturated carbocycles. The number of hydrogen-bond acceptors (Lipinski definition) is 2. The highest BCUT2D eigenvalue weighted by Crippen LogP contribution is 2.22. The van der Waals surface area contributed by atoms with Crippen molar-refractivity contribution in [1.29, 1.82) is 0 Å². The molecule has 20 heavy (non-hydrogen) atoms. The van der Waals surface area contributed by atoms with Gasteiger partial charge in [-0.05, 0) is 6.07 Å². The van der Waals surface area contributed by atoms with Crippen molar-refractivity contribution >= 4 is 29.0 Å². The number of aromatic nitrogens is 1.